The molecule has 0 atom stereocenters. The van der Waals surface area contributed by atoms with E-state index >= 15 is 0 Å². The second-order valence-corrected chi connectivity index (χ2v) is 8.69. The van der Waals surface area contributed by atoms with Gasteiger partial charge in [0.2, 0.25) is 11.9 Å². The molecule has 3 aromatic rings. The highest BCUT2D eigenvalue weighted by Gasteiger charge is 2.24. The average molecular weight is 458 g/mol. The summed E-state index contributed by atoms with van der Waals surface area (Å²) in [7, 11) is 0. The first-order valence-electron chi connectivity index (χ1n) is 11.9. The van der Waals surface area contributed by atoms with E-state index in [1.54, 1.807) is 24.4 Å². The Morgan fingerprint density at radius 2 is 1.79 bits per heavy atom. The fraction of sp³-hybridized carbons (Fsp3) is 0.333. The Labute approximate surface area is 200 Å². The van der Waals surface area contributed by atoms with Gasteiger partial charge in [-0.15, -0.1) is 0 Å². The van der Waals surface area contributed by atoms with E-state index in [-0.39, 0.29) is 5.91 Å². The normalized spacial score (nSPS) is 13.9. The second kappa shape index (κ2) is 10.5. The summed E-state index contributed by atoms with van der Waals surface area (Å²) in [5.74, 6) is 0.0494. The second-order valence-electron chi connectivity index (χ2n) is 8.69. The molecule has 4 rings (SSSR count). The van der Waals surface area contributed by atoms with Crippen molar-refractivity contribution in [3.05, 3.63) is 71.4 Å². The van der Waals surface area contributed by atoms with E-state index in [1.807, 2.05) is 49.1 Å². The first-order valence-corrected chi connectivity index (χ1v) is 11.9. The van der Waals surface area contributed by atoms with Crippen molar-refractivity contribution < 1.29 is 9.59 Å². The minimum Gasteiger partial charge on any atom is -0.366 e. The molecule has 1 aliphatic carbocycles. The summed E-state index contributed by atoms with van der Waals surface area (Å²) < 4.78 is 0. The average Bonchev–Trinajstić information content (AvgIpc) is 2.86. The van der Waals surface area contributed by atoms with E-state index in [0.717, 1.165) is 36.2 Å². The molecule has 1 heterocycles. The number of benzene rings is 2. The molecule has 1 aromatic heterocycles. The lowest BCUT2D eigenvalue weighted by atomic mass is 9.93. The first-order chi connectivity index (χ1) is 16.5. The minimum atomic E-state index is -0.466. The zero-order valence-electron chi connectivity index (χ0n) is 19.8. The molecule has 2 aromatic carbocycles. The Bertz CT molecular complexity index is 1170. The Morgan fingerprint density at radius 3 is 2.47 bits per heavy atom. The fourth-order valence-corrected chi connectivity index (χ4v) is 4.70. The zero-order chi connectivity index (χ0) is 24.1. The van der Waals surface area contributed by atoms with Crippen LogP contribution in [-0.4, -0.2) is 39.3 Å². The highest BCUT2D eigenvalue weighted by Crippen LogP contribution is 2.26. The summed E-state index contributed by atoms with van der Waals surface area (Å²) in [4.78, 5) is 35.7. The molecule has 0 aliphatic heterocycles. The van der Waals surface area contributed by atoms with Gasteiger partial charge < -0.3 is 16.0 Å². The number of primary amides is 1. The summed E-state index contributed by atoms with van der Waals surface area (Å²) >= 11 is 0. The van der Waals surface area contributed by atoms with E-state index in [4.69, 9.17) is 5.73 Å². The molecule has 2 amide bonds. The Hall–Kier alpha value is -3.74. The number of hydrogen-bond donors (Lipinski definition) is 2. The van der Waals surface area contributed by atoms with Crippen molar-refractivity contribution in [3.63, 3.8) is 0 Å². The standard InChI is InChI=1S/C27H31N5O2/c1-3-32(21-8-5-4-6-9-21)26(34)19-12-14-20(15-13-19)30-27-29-17-16-24(31-27)22-10-7-11-23(18(22)2)25(28)33/h7,10-17,21H,3-6,8-9H2,1-2H3,(H2,28,33)(H,29,30,31). The maximum Gasteiger partial charge on any atom is 0.254 e. The van der Waals surface area contributed by atoms with Crippen molar-refractivity contribution in [3.8, 4) is 11.3 Å². The molecule has 0 saturated heterocycles. The Morgan fingerprint density at radius 1 is 1.06 bits per heavy atom. The van der Waals surface area contributed by atoms with Crippen molar-refractivity contribution in [1.82, 2.24) is 14.9 Å². The third-order valence-electron chi connectivity index (χ3n) is 6.54. The van der Waals surface area contributed by atoms with Gasteiger partial charge in [-0.25, -0.2) is 9.97 Å². The third kappa shape index (κ3) is 5.09. The maximum absolute atomic E-state index is 13.1. The van der Waals surface area contributed by atoms with Crippen LogP contribution in [-0.2, 0) is 0 Å². The lowest BCUT2D eigenvalue weighted by Gasteiger charge is -2.33. The topological polar surface area (TPSA) is 101 Å². The highest BCUT2D eigenvalue weighted by atomic mass is 16.2. The number of carbonyl (C=O) groups is 2. The summed E-state index contributed by atoms with van der Waals surface area (Å²) in [6.07, 6.45) is 7.51. The molecule has 1 saturated carbocycles. The van der Waals surface area contributed by atoms with Gasteiger partial charge in [0, 0.05) is 41.2 Å². The van der Waals surface area contributed by atoms with Crippen LogP contribution in [0.5, 0.6) is 0 Å². The van der Waals surface area contributed by atoms with Crippen LogP contribution in [0.2, 0.25) is 0 Å². The van der Waals surface area contributed by atoms with Gasteiger partial charge in [-0.3, -0.25) is 9.59 Å². The molecule has 0 radical (unpaired) electrons. The molecule has 0 spiro atoms. The minimum absolute atomic E-state index is 0.0870. The number of nitrogens with two attached hydrogens (primary N) is 1. The molecule has 34 heavy (non-hydrogen) atoms. The molecule has 176 valence electrons. The SMILES string of the molecule is CCN(C(=O)c1ccc(Nc2nccc(-c3cccc(C(N)=O)c3C)n2)cc1)C1CCCCC1. The number of aromatic nitrogens is 2. The Balaban J connectivity index is 1.50. The number of hydrogen-bond acceptors (Lipinski definition) is 5. The van der Waals surface area contributed by atoms with Gasteiger partial charge in [-0.05, 0) is 68.7 Å². The smallest absolute Gasteiger partial charge is 0.254 e. The van der Waals surface area contributed by atoms with E-state index in [9.17, 15) is 9.59 Å². The summed E-state index contributed by atoms with van der Waals surface area (Å²) in [6.45, 7) is 4.63. The maximum atomic E-state index is 13.1. The molecule has 0 unspecified atom stereocenters. The molecule has 1 fully saturated rings. The molecule has 1 aliphatic rings. The van der Waals surface area contributed by atoms with E-state index in [2.05, 4.69) is 15.3 Å². The number of nitrogens with zero attached hydrogens (tertiary/aromatic N) is 3. The quantitative estimate of drug-likeness (QED) is 0.515. The third-order valence-corrected chi connectivity index (χ3v) is 6.54. The van der Waals surface area contributed by atoms with Crippen molar-refractivity contribution in [2.75, 3.05) is 11.9 Å². The molecule has 7 nitrogen and oxygen atoms in total. The van der Waals surface area contributed by atoms with Crippen LogP contribution >= 0.6 is 0 Å². The van der Waals surface area contributed by atoms with Gasteiger partial charge in [-0.2, -0.15) is 0 Å². The number of rotatable bonds is 7. The van der Waals surface area contributed by atoms with Gasteiger partial charge in [0.25, 0.3) is 5.91 Å². The molecular formula is C27H31N5O2. The van der Waals surface area contributed by atoms with Crippen LogP contribution in [0.1, 0.15) is 65.3 Å². The number of carbonyl (C=O) groups excluding carboxylic acids is 2. The highest BCUT2D eigenvalue weighted by molar-refractivity contribution is 5.96. The van der Waals surface area contributed by atoms with Gasteiger partial charge in [-0.1, -0.05) is 31.4 Å². The molecule has 3 N–H and O–H groups in total. The van der Waals surface area contributed by atoms with Gasteiger partial charge in [0.15, 0.2) is 0 Å². The van der Waals surface area contributed by atoms with Gasteiger partial charge >= 0.3 is 0 Å². The Kier molecular flexibility index (Phi) is 7.21. The molecular weight excluding hydrogens is 426 g/mol. The lowest BCUT2D eigenvalue weighted by molar-refractivity contribution is 0.0648. The van der Waals surface area contributed by atoms with Crippen molar-refractivity contribution in [2.24, 2.45) is 5.73 Å². The fourth-order valence-electron chi connectivity index (χ4n) is 4.70. The van der Waals surface area contributed by atoms with Crippen LogP contribution in [0.4, 0.5) is 11.6 Å². The van der Waals surface area contributed by atoms with Crippen LogP contribution in [0.25, 0.3) is 11.3 Å². The number of amides is 2. The monoisotopic (exact) mass is 457 g/mol. The van der Waals surface area contributed by atoms with Crippen molar-refractivity contribution in [1.29, 1.82) is 0 Å². The van der Waals surface area contributed by atoms with E-state index in [1.165, 1.54) is 19.3 Å². The number of anilines is 2. The zero-order valence-corrected chi connectivity index (χ0v) is 19.8. The molecule has 0 bridgehead atoms. The van der Waals surface area contributed by atoms with Gasteiger partial charge in [0.05, 0.1) is 5.69 Å². The van der Waals surface area contributed by atoms with Crippen LogP contribution in [0, 0.1) is 6.92 Å². The number of nitrogens with one attached hydrogen (secondary N) is 1. The molecule has 7 heteroatoms. The summed E-state index contributed by atoms with van der Waals surface area (Å²) in [5.41, 5.74) is 9.73. The van der Waals surface area contributed by atoms with Crippen molar-refractivity contribution in [2.45, 2.75) is 52.0 Å². The summed E-state index contributed by atoms with van der Waals surface area (Å²) in [6, 6.07) is 15.0. The van der Waals surface area contributed by atoms with Crippen LogP contribution < -0.4 is 11.1 Å². The van der Waals surface area contributed by atoms with E-state index < -0.39 is 5.91 Å². The van der Waals surface area contributed by atoms with Crippen LogP contribution in [0.3, 0.4) is 0 Å². The first kappa shape index (κ1) is 23.4. The predicted molar refractivity (Wildman–Crippen MR) is 134 cm³/mol. The van der Waals surface area contributed by atoms with Crippen LogP contribution in [0.15, 0.2) is 54.7 Å². The van der Waals surface area contributed by atoms with E-state index in [0.29, 0.717) is 28.8 Å². The summed E-state index contributed by atoms with van der Waals surface area (Å²) in [5, 5.41) is 3.20. The van der Waals surface area contributed by atoms with Crippen molar-refractivity contribution >= 4 is 23.5 Å². The lowest BCUT2D eigenvalue weighted by Crippen LogP contribution is -2.41. The van der Waals surface area contributed by atoms with Gasteiger partial charge in [0.1, 0.15) is 0 Å². The predicted octanol–water partition coefficient (Wildman–Crippen LogP) is 5.09. The largest absolute Gasteiger partial charge is 0.366 e.